The second-order valence-electron chi connectivity index (χ2n) is 4.59. The molecular formula is C13H20BrN. The topological polar surface area (TPSA) is 26.0 Å². The summed E-state index contributed by atoms with van der Waals surface area (Å²) in [5, 5.41) is 0. The second-order valence-corrected chi connectivity index (χ2v) is 5.44. The monoisotopic (exact) mass is 269 g/mol. The van der Waals surface area contributed by atoms with Crippen LogP contribution in [0.2, 0.25) is 0 Å². The SMILES string of the molecule is CC(C)Cc1ccc(C(C)CN)cc1Br. The van der Waals surface area contributed by atoms with Crippen molar-refractivity contribution in [2.75, 3.05) is 6.54 Å². The predicted octanol–water partition coefficient (Wildman–Crippen LogP) is 3.71. The smallest absolute Gasteiger partial charge is 0.0210 e. The molecule has 0 aromatic heterocycles. The van der Waals surface area contributed by atoms with Crippen LogP contribution in [0.25, 0.3) is 0 Å². The van der Waals surface area contributed by atoms with Crippen LogP contribution in [0, 0.1) is 5.92 Å². The Bertz CT molecular complexity index is 320. The molecule has 0 amide bonds. The molecule has 0 saturated heterocycles. The van der Waals surface area contributed by atoms with Crippen molar-refractivity contribution in [1.82, 2.24) is 0 Å². The van der Waals surface area contributed by atoms with E-state index in [0.717, 1.165) is 6.42 Å². The third kappa shape index (κ3) is 3.62. The van der Waals surface area contributed by atoms with Gasteiger partial charge >= 0.3 is 0 Å². The minimum absolute atomic E-state index is 0.439. The van der Waals surface area contributed by atoms with Gasteiger partial charge in [0.2, 0.25) is 0 Å². The highest BCUT2D eigenvalue weighted by Gasteiger charge is 2.07. The molecule has 1 rings (SSSR count). The molecule has 0 bridgehead atoms. The maximum atomic E-state index is 5.66. The number of benzene rings is 1. The normalized spacial score (nSPS) is 13.2. The van der Waals surface area contributed by atoms with Crippen LogP contribution in [0.1, 0.15) is 37.8 Å². The zero-order valence-corrected chi connectivity index (χ0v) is 11.3. The number of halogens is 1. The Labute approximate surface area is 101 Å². The van der Waals surface area contributed by atoms with Gasteiger partial charge in [0, 0.05) is 4.47 Å². The van der Waals surface area contributed by atoms with Crippen LogP contribution in [0.3, 0.4) is 0 Å². The summed E-state index contributed by atoms with van der Waals surface area (Å²) in [5.74, 6) is 1.13. The van der Waals surface area contributed by atoms with Crippen LogP contribution in [-0.4, -0.2) is 6.54 Å². The fourth-order valence-corrected chi connectivity index (χ4v) is 2.17. The standard InChI is InChI=1S/C13H20BrN/c1-9(2)6-12-5-4-11(7-13(12)14)10(3)8-15/h4-5,7,9-10H,6,8,15H2,1-3H3. The van der Waals surface area contributed by atoms with Gasteiger partial charge in [0.1, 0.15) is 0 Å². The van der Waals surface area contributed by atoms with Gasteiger partial charge in [0.15, 0.2) is 0 Å². The third-order valence-electron chi connectivity index (χ3n) is 2.63. The lowest BCUT2D eigenvalue weighted by molar-refractivity contribution is 0.645. The van der Waals surface area contributed by atoms with Crippen molar-refractivity contribution in [3.05, 3.63) is 33.8 Å². The summed E-state index contributed by atoms with van der Waals surface area (Å²) in [7, 11) is 0. The molecule has 0 spiro atoms. The van der Waals surface area contributed by atoms with Gasteiger partial charge in [-0.15, -0.1) is 0 Å². The molecule has 1 unspecified atom stereocenters. The molecule has 2 N–H and O–H groups in total. The van der Waals surface area contributed by atoms with E-state index in [1.54, 1.807) is 0 Å². The molecule has 0 aliphatic rings. The van der Waals surface area contributed by atoms with Crippen molar-refractivity contribution >= 4 is 15.9 Å². The van der Waals surface area contributed by atoms with E-state index in [1.807, 2.05) is 0 Å². The highest BCUT2D eigenvalue weighted by Crippen LogP contribution is 2.24. The first-order valence-electron chi connectivity index (χ1n) is 5.53. The van der Waals surface area contributed by atoms with Gasteiger partial charge in [0.05, 0.1) is 0 Å². The molecule has 1 aromatic rings. The predicted molar refractivity (Wildman–Crippen MR) is 70.2 cm³/mol. The average molecular weight is 270 g/mol. The summed E-state index contributed by atoms with van der Waals surface area (Å²) >= 11 is 3.63. The molecule has 0 radical (unpaired) electrons. The summed E-state index contributed by atoms with van der Waals surface area (Å²) in [4.78, 5) is 0. The minimum atomic E-state index is 0.439. The van der Waals surface area contributed by atoms with E-state index in [0.29, 0.717) is 18.4 Å². The van der Waals surface area contributed by atoms with Crippen LogP contribution >= 0.6 is 15.9 Å². The number of hydrogen-bond acceptors (Lipinski definition) is 1. The lowest BCUT2D eigenvalue weighted by Crippen LogP contribution is -2.09. The molecule has 2 heteroatoms. The Morgan fingerprint density at radius 1 is 1.27 bits per heavy atom. The largest absolute Gasteiger partial charge is 0.330 e. The van der Waals surface area contributed by atoms with E-state index in [2.05, 4.69) is 54.9 Å². The Morgan fingerprint density at radius 3 is 2.40 bits per heavy atom. The Hall–Kier alpha value is -0.340. The lowest BCUT2D eigenvalue weighted by atomic mass is 9.97. The first kappa shape index (κ1) is 12.7. The molecule has 0 saturated carbocycles. The Morgan fingerprint density at radius 2 is 1.93 bits per heavy atom. The highest BCUT2D eigenvalue weighted by molar-refractivity contribution is 9.10. The summed E-state index contributed by atoms with van der Waals surface area (Å²) in [6, 6.07) is 6.61. The zero-order chi connectivity index (χ0) is 11.4. The first-order chi connectivity index (χ1) is 7.04. The first-order valence-corrected chi connectivity index (χ1v) is 6.32. The van der Waals surface area contributed by atoms with E-state index < -0.39 is 0 Å². The van der Waals surface area contributed by atoms with Gasteiger partial charge in [0.25, 0.3) is 0 Å². The van der Waals surface area contributed by atoms with Crippen LogP contribution in [0.5, 0.6) is 0 Å². The summed E-state index contributed by atoms with van der Waals surface area (Å²) in [5.41, 5.74) is 8.36. The van der Waals surface area contributed by atoms with Crippen LogP contribution < -0.4 is 5.73 Å². The molecular weight excluding hydrogens is 250 g/mol. The Kier molecular flexibility index (Phi) is 4.81. The molecule has 84 valence electrons. The van der Waals surface area contributed by atoms with Crippen molar-refractivity contribution in [3.63, 3.8) is 0 Å². The summed E-state index contributed by atoms with van der Waals surface area (Å²) in [6.07, 6.45) is 1.12. The van der Waals surface area contributed by atoms with Crippen molar-refractivity contribution in [2.45, 2.75) is 33.1 Å². The lowest BCUT2D eigenvalue weighted by Gasteiger charge is -2.13. The van der Waals surface area contributed by atoms with E-state index in [4.69, 9.17) is 5.73 Å². The molecule has 0 heterocycles. The van der Waals surface area contributed by atoms with Gasteiger partial charge in [-0.25, -0.2) is 0 Å². The molecule has 1 nitrogen and oxygen atoms in total. The quantitative estimate of drug-likeness (QED) is 0.886. The highest BCUT2D eigenvalue weighted by atomic mass is 79.9. The van der Waals surface area contributed by atoms with Crippen molar-refractivity contribution < 1.29 is 0 Å². The molecule has 0 fully saturated rings. The maximum absolute atomic E-state index is 5.66. The average Bonchev–Trinajstić information content (AvgIpc) is 2.19. The molecule has 1 aromatic carbocycles. The fraction of sp³-hybridized carbons (Fsp3) is 0.538. The van der Waals surface area contributed by atoms with Crippen molar-refractivity contribution in [2.24, 2.45) is 11.7 Å². The van der Waals surface area contributed by atoms with Gasteiger partial charge in [-0.3, -0.25) is 0 Å². The molecule has 15 heavy (non-hydrogen) atoms. The number of rotatable bonds is 4. The molecule has 0 aliphatic heterocycles. The fourth-order valence-electron chi connectivity index (χ4n) is 1.61. The molecule has 0 aliphatic carbocycles. The van der Waals surface area contributed by atoms with Crippen LogP contribution in [0.4, 0.5) is 0 Å². The zero-order valence-electron chi connectivity index (χ0n) is 9.76. The van der Waals surface area contributed by atoms with Crippen molar-refractivity contribution in [3.8, 4) is 0 Å². The summed E-state index contributed by atoms with van der Waals surface area (Å²) in [6.45, 7) is 7.34. The second kappa shape index (κ2) is 5.66. The number of hydrogen-bond donors (Lipinski definition) is 1. The molecule has 1 atom stereocenters. The van der Waals surface area contributed by atoms with Gasteiger partial charge in [-0.1, -0.05) is 48.8 Å². The number of nitrogens with two attached hydrogens (primary N) is 1. The summed E-state index contributed by atoms with van der Waals surface area (Å²) < 4.78 is 1.22. The van der Waals surface area contributed by atoms with E-state index in [-0.39, 0.29) is 0 Å². The maximum Gasteiger partial charge on any atom is 0.0210 e. The van der Waals surface area contributed by atoms with E-state index in [9.17, 15) is 0 Å². The third-order valence-corrected chi connectivity index (χ3v) is 3.37. The van der Waals surface area contributed by atoms with E-state index >= 15 is 0 Å². The van der Waals surface area contributed by atoms with Gasteiger partial charge in [-0.05, 0) is 42.0 Å². The van der Waals surface area contributed by atoms with Gasteiger partial charge in [-0.2, -0.15) is 0 Å². The van der Waals surface area contributed by atoms with Crippen molar-refractivity contribution in [1.29, 1.82) is 0 Å². The van der Waals surface area contributed by atoms with E-state index in [1.165, 1.54) is 15.6 Å². The van der Waals surface area contributed by atoms with Crippen LogP contribution in [-0.2, 0) is 6.42 Å². The van der Waals surface area contributed by atoms with Crippen LogP contribution in [0.15, 0.2) is 22.7 Å². The minimum Gasteiger partial charge on any atom is -0.330 e. The van der Waals surface area contributed by atoms with Gasteiger partial charge < -0.3 is 5.73 Å². The Balaban J connectivity index is 2.88.